The number of carbonyl (C=O) groups is 2. The molecular weight excluding hydrogens is 490 g/mol. The monoisotopic (exact) mass is 517 g/mol. The molecule has 2 saturated heterocycles. The third-order valence-corrected chi connectivity index (χ3v) is 9.37. The highest BCUT2D eigenvalue weighted by Crippen LogP contribution is 2.33. The Balaban J connectivity index is 1.34. The second-order valence-corrected chi connectivity index (χ2v) is 12.0. The normalized spacial score (nSPS) is 19.1. The smallest absolute Gasteiger partial charge is 0.278 e. The number of ether oxygens (including phenoxy) is 1. The van der Waals surface area contributed by atoms with Crippen molar-refractivity contribution in [2.45, 2.75) is 35.8 Å². The molecule has 1 saturated carbocycles. The molecule has 0 spiro atoms. The van der Waals surface area contributed by atoms with Gasteiger partial charge in [0.1, 0.15) is 4.88 Å². The number of rotatable bonds is 7. The van der Waals surface area contributed by atoms with Crippen molar-refractivity contribution in [3.63, 3.8) is 0 Å². The van der Waals surface area contributed by atoms with Crippen molar-refractivity contribution >= 4 is 43.8 Å². The van der Waals surface area contributed by atoms with Crippen LogP contribution in [0.15, 0.2) is 40.5 Å². The summed E-state index contributed by atoms with van der Waals surface area (Å²) in [4.78, 5) is 32.6. The highest BCUT2D eigenvalue weighted by Gasteiger charge is 2.37. The van der Waals surface area contributed by atoms with E-state index < -0.39 is 15.7 Å². The van der Waals surface area contributed by atoms with Crippen LogP contribution in [0.4, 0.5) is 5.13 Å². The van der Waals surface area contributed by atoms with E-state index in [1.807, 2.05) is 5.01 Å². The fraction of sp³-hybridized carbons (Fsp3) is 0.478. The molecule has 1 aliphatic carbocycles. The Kier molecular flexibility index (Phi) is 6.85. The van der Waals surface area contributed by atoms with Crippen molar-refractivity contribution in [2.75, 3.05) is 44.7 Å². The average molecular weight is 518 g/mol. The van der Waals surface area contributed by atoms with Crippen LogP contribution in [0.2, 0.25) is 0 Å². The minimum atomic E-state index is -3.32. The Morgan fingerprint density at radius 3 is 2.40 bits per heavy atom. The molecule has 5 rings (SSSR count). The van der Waals surface area contributed by atoms with Crippen LogP contribution in [0.3, 0.4) is 0 Å². The molecule has 1 N–H and O–H groups in total. The predicted molar refractivity (Wildman–Crippen MR) is 131 cm³/mol. The minimum Gasteiger partial charge on any atom is -0.378 e. The lowest BCUT2D eigenvalue weighted by Crippen LogP contribution is -2.40. The van der Waals surface area contributed by atoms with Crippen LogP contribution in [-0.4, -0.2) is 85.5 Å². The van der Waals surface area contributed by atoms with Gasteiger partial charge in [0.25, 0.3) is 11.8 Å². The number of benzene rings is 1. The zero-order valence-electron chi connectivity index (χ0n) is 19.2. The van der Waals surface area contributed by atoms with E-state index in [1.165, 1.54) is 18.3 Å². The third kappa shape index (κ3) is 5.39. The van der Waals surface area contributed by atoms with Crippen LogP contribution < -0.4 is 5.32 Å². The number of morpholine rings is 1. The third-order valence-electron chi connectivity index (χ3n) is 6.19. The van der Waals surface area contributed by atoms with Crippen molar-refractivity contribution in [1.82, 2.24) is 14.9 Å². The number of thiazole rings is 1. The number of hydrogen-bond donors (Lipinski definition) is 1. The summed E-state index contributed by atoms with van der Waals surface area (Å²) in [7, 11) is -3.32. The Morgan fingerprint density at radius 1 is 1.06 bits per heavy atom. The van der Waals surface area contributed by atoms with Crippen molar-refractivity contribution in [3.05, 3.63) is 40.9 Å². The number of hydrogen-bond acceptors (Lipinski definition) is 9. The van der Waals surface area contributed by atoms with Crippen LogP contribution in [-0.2, 0) is 19.4 Å². The molecule has 1 aromatic heterocycles. The molecule has 0 unspecified atom stereocenters. The van der Waals surface area contributed by atoms with Crippen LogP contribution in [0, 0.1) is 0 Å². The van der Waals surface area contributed by atoms with E-state index in [4.69, 9.17) is 4.74 Å². The number of nitrogens with zero attached hydrogens (tertiary/aromatic N) is 4. The molecule has 2 amide bonds. The van der Waals surface area contributed by atoms with Gasteiger partial charge in [-0.05, 0) is 37.8 Å². The Hall–Kier alpha value is -2.83. The maximum Gasteiger partial charge on any atom is 0.278 e. The average Bonchev–Trinajstić information content (AvgIpc) is 3.44. The maximum atomic E-state index is 13.2. The zero-order valence-corrected chi connectivity index (χ0v) is 20.8. The molecule has 3 heterocycles. The van der Waals surface area contributed by atoms with Gasteiger partial charge in [-0.1, -0.05) is 23.5 Å². The van der Waals surface area contributed by atoms with E-state index in [0.29, 0.717) is 54.7 Å². The maximum absolute atomic E-state index is 13.2. The van der Waals surface area contributed by atoms with Crippen LogP contribution in [0.1, 0.15) is 40.9 Å². The van der Waals surface area contributed by atoms with Crippen molar-refractivity contribution < 1.29 is 22.7 Å². The summed E-state index contributed by atoms with van der Waals surface area (Å²) in [6.07, 6.45) is 4.84. The molecule has 0 bridgehead atoms. The number of carbonyl (C=O) groups excluding carboxylic acids is 2. The first-order chi connectivity index (χ1) is 16.9. The number of sulfone groups is 1. The van der Waals surface area contributed by atoms with E-state index in [9.17, 15) is 18.0 Å². The van der Waals surface area contributed by atoms with Gasteiger partial charge in [-0.2, -0.15) is 5.10 Å². The van der Waals surface area contributed by atoms with Crippen molar-refractivity contribution in [3.8, 4) is 0 Å². The van der Waals surface area contributed by atoms with Gasteiger partial charge in [-0.3, -0.25) is 19.9 Å². The second-order valence-electron chi connectivity index (χ2n) is 8.77. The first kappa shape index (κ1) is 23.9. The largest absolute Gasteiger partial charge is 0.378 e. The van der Waals surface area contributed by atoms with E-state index in [1.54, 1.807) is 17.0 Å². The SMILES string of the molecule is O=C(Nc1ncc(C(=O)N2CCOCC2)s1)C(=NN1CCCC1)c1ccc(S(=O)(=O)C2CC2)cc1. The molecule has 2 aromatic rings. The molecule has 12 heteroatoms. The molecule has 0 atom stereocenters. The Bertz CT molecular complexity index is 1230. The topological polar surface area (TPSA) is 121 Å². The number of anilines is 1. The van der Waals surface area contributed by atoms with Gasteiger partial charge < -0.3 is 9.64 Å². The molecule has 10 nitrogen and oxygen atoms in total. The number of nitrogens with one attached hydrogen (secondary N) is 1. The number of hydrazone groups is 1. The highest BCUT2D eigenvalue weighted by atomic mass is 32.2. The van der Waals surface area contributed by atoms with E-state index in [-0.39, 0.29) is 21.8 Å². The molecule has 1 aromatic carbocycles. The Morgan fingerprint density at radius 2 is 1.74 bits per heavy atom. The molecule has 3 aliphatic rings. The van der Waals surface area contributed by atoms with Crippen LogP contribution in [0.5, 0.6) is 0 Å². The van der Waals surface area contributed by atoms with Crippen molar-refractivity contribution in [2.24, 2.45) is 5.10 Å². The Labute approximate surface area is 207 Å². The first-order valence-corrected chi connectivity index (χ1v) is 14.1. The molecule has 3 fully saturated rings. The standard InChI is InChI=1S/C23H27N5O5S2/c29-21(25-23-24-15-19(34-23)22(30)27-11-13-33-14-12-27)20(26-28-9-1-2-10-28)16-3-5-17(6-4-16)35(31,32)18-7-8-18/h3-6,15,18H,1-2,7-14H2,(H,24,25,29). The summed E-state index contributed by atoms with van der Waals surface area (Å²) in [6, 6.07) is 6.33. The zero-order chi connectivity index (χ0) is 24.4. The molecule has 2 aliphatic heterocycles. The van der Waals surface area contributed by atoms with E-state index in [2.05, 4.69) is 15.4 Å². The van der Waals surface area contributed by atoms with E-state index >= 15 is 0 Å². The van der Waals surface area contributed by atoms with Gasteiger partial charge in [0.2, 0.25) is 0 Å². The summed E-state index contributed by atoms with van der Waals surface area (Å²) < 4.78 is 30.4. The second kappa shape index (κ2) is 10.0. The lowest BCUT2D eigenvalue weighted by atomic mass is 10.1. The van der Waals surface area contributed by atoms with Crippen LogP contribution >= 0.6 is 11.3 Å². The van der Waals surface area contributed by atoms with Crippen molar-refractivity contribution in [1.29, 1.82) is 0 Å². The summed E-state index contributed by atoms with van der Waals surface area (Å²) in [6.45, 7) is 3.56. The van der Waals surface area contributed by atoms with Gasteiger partial charge in [0, 0.05) is 31.7 Å². The van der Waals surface area contributed by atoms with Gasteiger partial charge >= 0.3 is 0 Å². The lowest BCUT2D eigenvalue weighted by Gasteiger charge is -2.26. The summed E-state index contributed by atoms with van der Waals surface area (Å²) in [5.74, 6) is -0.598. The van der Waals surface area contributed by atoms with Gasteiger partial charge in [-0.25, -0.2) is 13.4 Å². The van der Waals surface area contributed by atoms with E-state index in [0.717, 1.165) is 37.3 Å². The quantitative estimate of drug-likeness (QED) is 0.558. The predicted octanol–water partition coefficient (Wildman–Crippen LogP) is 1.99. The molecule has 0 radical (unpaired) electrons. The molecular formula is C23H27N5O5S2. The minimum absolute atomic E-state index is 0.135. The van der Waals surface area contributed by atoms with Gasteiger partial charge in [0.15, 0.2) is 20.7 Å². The summed E-state index contributed by atoms with van der Waals surface area (Å²) in [5.41, 5.74) is 0.698. The fourth-order valence-electron chi connectivity index (χ4n) is 4.06. The molecule has 186 valence electrons. The lowest BCUT2D eigenvalue weighted by molar-refractivity contribution is -0.110. The molecule has 35 heavy (non-hydrogen) atoms. The number of amides is 2. The van der Waals surface area contributed by atoms with Crippen LogP contribution in [0.25, 0.3) is 0 Å². The van der Waals surface area contributed by atoms with Gasteiger partial charge in [-0.15, -0.1) is 0 Å². The summed E-state index contributed by atoms with van der Waals surface area (Å²) >= 11 is 1.11. The number of aromatic nitrogens is 1. The van der Waals surface area contributed by atoms with Gasteiger partial charge in [0.05, 0.1) is 29.6 Å². The summed E-state index contributed by atoms with van der Waals surface area (Å²) in [5, 5.41) is 9.18. The highest BCUT2D eigenvalue weighted by molar-refractivity contribution is 7.92. The fourth-order valence-corrected chi connectivity index (χ4v) is 6.50. The first-order valence-electron chi connectivity index (χ1n) is 11.7.